The van der Waals surface area contributed by atoms with E-state index in [0.29, 0.717) is 5.56 Å². The third-order valence-electron chi connectivity index (χ3n) is 5.31. The van der Waals surface area contributed by atoms with Crippen molar-refractivity contribution in [1.82, 2.24) is 15.2 Å². The van der Waals surface area contributed by atoms with Crippen molar-refractivity contribution in [3.8, 4) is 6.07 Å². The number of benzene rings is 1. The fraction of sp³-hybridized carbons (Fsp3) is 0.333. The van der Waals surface area contributed by atoms with Gasteiger partial charge in [0.2, 0.25) is 0 Å². The lowest BCUT2D eigenvalue weighted by Crippen LogP contribution is -2.49. The number of rotatable bonds is 7. The summed E-state index contributed by atoms with van der Waals surface area (Å²) in [7, 11) is 0. The maximum Gasteiger partial charge on any atom is 0.433 e. The first-order valence-corrected chi connectivity index (χ1v) is 11.8. The Morgan fingerprint density at radius 1 is 1.29 bits per heavy atom. The summed E-state index contributed by atoms with van der Waals surface area (Å²) in [5.74, 6) is -0.731. The first kappa shape index (κ1) is 26.1. The molecule has 2 amide bonds. The highest BCUT2D eigenvalue weighted by Crippen LogP contribution is 2.37. The van der Waals surface area contributed by atoms with Crippen LogP contribution in [0, 0.1) is 18.3 Å². The molecule has 0 saturated heterocycles. The zero-order valence-electron chi connectivity index (χ0n) is 19.3. The zero-order chi connectivity index (χ0) is 25.8. The number of nitrogens with zero attached hydrogens (tertiary/aromatic N) is 3. The Bertz CT molecular complexity index is 1190. The van der Waals surface area contributed by atoms with E-state index in [1.165, 1.54) is 11.8 Å². The Morgan fingerprint density at radius 2 is 1.97 bits per heavy atom. The number of esters is 1. The summed E-state index contributed by atoms with van der Waals surface area (Å²) in [5.41, 5.74) is 0.125. The van der Waals surface area contributed by atoms with Crippen LogP contribution < -0.4 is 5.32 Å². The van der Waals surface area contributed by atoms with E-state index in [1.807, 2.05) is 6.07 Å². The summed E-state index contributed by atoms with van der Waals surface area (Å²) in [5, 5.41) is 12.2. The number of hydrogen-bond donors (Lipinski definition) is 1. The molecule has 0 spiro atoms. The van der Waals surface area contributed by atoms with Gasteiger partial charge in [-0.25, -0.2) is 14.6 Å². The molecular formula is C24H23F3N4O3S. The lowest BCUT2D eigenvalue weighted by atomic mass is 9.95. The lowest BCUT2D eigenvalue weighted by molar-refractivity contribution is -0.141. The van der Waals surface area contributed by atoms with Crippen LogP contribution in [0.1, 0.15) is 42.3 Å². The number of carbonyl (C=O) groups is 2. The summed E-state index contributed by atoms with van der Waals surface area (Å²) in [6, 6.07) is 10.3. The number of aromatic nitrogens is 1. The molecule has 3 rings (SSSR count). The standard InChI is InChI=1S/C24H23F3N4O3S/c1-4-31-17(13-35-21-16(12-28)14(3)11-18(29-21)24(25,26)27)19(22(32)34-5-2)20(30-23(31)33)15-9-7-6-8-10-15/h6-11,20H,4-5,13H2,1-3H3,(H,30,33)/t20-/m1/s1. The number of carbonyl (C=O) groups excluding carboxylic acids is 2. The quantitative estimate of drug-likeness (QED) is 0.422. The molecule has 0 bridgehead atoms. The number of ether oxygens (including phenoxy) is 1. The number of halogens is 3. The molecule has 0 saturated carbocycles. The molecule has 0 radical (unpaired) electrons. The fourth-order valence-electron chi connectivity index (χ4n) is 3.70. The smallest absolute Gasteiger partial charge is 0.433 e. The SMILES string of the molecule is CCOC(=O)C1=C(CSc2nc(C(F)(F)F)cc(C)c2C#N)N(CC)C(=O)N[C@@H]1c1ccccc1. The van der Waals surface area contributed by atoms with Crippen LogP contribution in [0.25, 0.3) is 0 Å². The van der Waals surface area contributed by atoms with E-state index < -0.39 is 29.9 Å². The van der Waals surface area contributed by atoms with Gasteiger partial charge in [0.15, 0.2) is 0 Å². The fourth-order valence-corrected chi connectivity index (χ4v) is 4.80. The predicted molar refractivity (Wildman–Crippen MR) is 123 cm³/mol. The second kappa shape index (κ2) is 10.8. The molecule has 1 aliphatic heterocycles. The summed E-state index contributed by atoms with van der Waals surface area (Å²) in [4.78, 5) is 31.0. The third-order valence-corrected chi connectivity index (χ3v) is 6.30. The van der Waals surface area contributed by atoms with Crippen molar-refractivity contribution < 1.29 is 27.5 Å². The molecule has 0 fully saturated rings. The molecule has 2 heterocycles. The summed E-state index contributed by atoms with van der Waals surface area (Å²) in [6.07, 6.45) is -4.69. The van der Waals surface area contributed by atoms with Gasteiger partial charge in [-0.3, -0.25) is 4.90 Å². The van der Waals surface area contributed by atoms with Crippen LogP contribution in [-0.2, 0) is 15.7 Å². The molecule has 35 heavy (non-hydrogen) atoms. The molecule has 7 nitrogen and oxygen atoms in total. The van der Waals surface area contributed by atoms with Crippen LogP contribution in [-0.4, -0.2) is 40.8 Å². The maximum atomic E-state index is 13.4. The van der Waals surface area contributed by atoms with Crippen molar-refractivity contribution in [1.29, 1.82) is 5.26 Å². The van der Waals surface area contributed by atoms with E-state index >= 15 is 0 Å². The molecule has 184 valence electrons. The maximum absolute atomic E-state index is 13.4. The second-order valence-corrected chi connectivity index (χ2v) is 8.49. The molecule has 1 aliphatic rings. The number of aryl methyl sites for hydroxylation is 1. The minimum absolute atomic E-state index is 0.00389. The van der Waals surface area contributed by atoms with Crippen molar-refractivity contribution in [3.05, 3.63) is 70.1 Å². The van der Waals surface area contributed by atoms with E-state index in [4.69, 9.17) is 4.74 Å². The molecule has 0 aliphatic carbocycles. The van der Waals surface area contributed by atoms with Gasteiger partial charge in [-0.05, 0) is 38.0 Å². The highest BCUT2D eigenvalue weighted by molar-refractivity contribution is 7.99. The average molecular weight is 505 g/mol. The van der Waals surface area contributed by atoms with Crippen LogP contribution in [0.2, 0.25) is 0 Å². The van der Waals surface area contributed by atoms with E-state index in [1.54, 1.807) is 44.2 Å². The van der Waals surface area contributed by atoms with Crippen molar-refractivity contribution >= 4 is 23.8 Å². The first-order valence-electron chi connectivity index (χ1n) is 10.8. The van der Waals surface area contributed by atoms with Gasteiger partial charge in [0.25, 0.3) is 0 Å². The summed E-state index contributed by atoms with van der Waals surface area (Å²) >= 11 is 0.859. The highest BCUT2D eigenvalue weighted by Gasteiger charge is 2.38. The normalized spacial score (nSPS) is 16.1. The Kier molecular flexibility index (Phi) is 8.07. The number of thioether (sulfide) groups is 1. The van der Waals surface area contributed by atoms with Gasteiger partial charge in [-0.2, -0.15) is 18.4 Å². The molecule has 11 heteroatoms. The molecule has 1 atom stereocenters. The van der Waals surface area contributed by atoms with E-state index in [0.717, 1.165) is 17.8 Å². The molecule has 1 aromatic heterocycles. The highest BCUT2D eigenvalue weighted by atomic mass is 32.2. The minimum atomic E-state index is -4.69. The molecule has 1 aromatic carbocycles. The Labute approximate surface area is 205 Å². The molecular weight excluding hydrogens is 481 g/mol. The van der Waals surface area contributed by atoms with Crippen LogP contribution >= 0.6 is 11.8 Å². The number of alkyl halides is 3. The second-order valence-electron chi connectivity index (χ2n) is 7.52. The topological polar surface area (TPSA) is 95.3 Å². The van der Waals surface area contributed by atoms with Gasteiger partial charge >= 0.3 is 18.2 Å². The molecule has 2 aromatic rings. The van der Waals surface area contributed by atoms with Crippen LogP contribution in [0.4, 0.5) is 18.0 Å². The van der Waals surface area contributed by atoms with Crippen molar-refractivity contribution in [3.63, 3.8) is 0 Å². The van der Waals surface area contributed by atoms with E-state index in [-0.39, 0.29) is 46.3 Å². The Morgan fingerprint density at radius 3 is 2.54 bits per heavy atom. The van der Waals surface area contributed by atoms with Gasteiger partial charge in [0.1, 0.15) is 16.8 Å². The van der Waals surface area contributed by atoms with Crippen LogP contribution in [0.5, 0.6) is 0 Å². The van der Waals surface area contributed by atoms with E-state index in [2.05, 4.69) is 10.3 Å². The molecule has 0 unspecified atom stereocenters. The van der Waals surface area contributed by atoms with Gasteiger partial charge in [0, 0.05) is 18.0 Å². The monoisotopic (exact) mass is 504 g/mol. The van der Waals surface area contributed by atoms with Crippen molar-refractivity contribution in [2.24, 2.45) is 0 Å². The van der Waals surface area contributed by atoms with Crippen molar-refractivity contribution in [2.45, 2.75) is 38.0 Å². The van der Waals surface area contributed by atoms with Gasteiger partial charge < -0.3 is 10.1 Å². The Balaban J connectivity index is 2.13. The third kappa shape index (κ3) is 5.59. The van der Waals surface area contributed by atoms with Gasteiger partial charge in [-0.15, -0.1) is 0 Å². The first-order chi connectivity index (χ1) is 16.6. The van der Waals surface area contributed by atoms with Gasteiger partial charge in [-0.1, -0.05) is 42.1 Å². The number of nitriles is 1. The largest absolute Gasteiger partial charge is 0.463 e. The average Bonchev–Trinajstić information content (AvgIpc) is 2.82. The number of hydrogen-bond acceptors (Lipinski definition) is 6. The van der Waals surface area contributed by atoms with Crippen LogP contribution in [0.3, 0.4) is 0 Å². The molecule has 1 N–H and O–H groups in total. The number of nitrogens with one attached hydrogen (secondary N) is 1. The van der Waals surface area contributed by atoms with Gasteiger partial charge in [0.05, 0.1) is 23.8 Å². The zero-order valence-corrected chi connectivity index (χ0v) is 20.1. The summed E-state index contributed by atoms with van der Waals surface area (Å²) in [6.45, 7) is 5.06. The number of urea groups is 1. The minimum Gasteiger partial charge on any atom is -0.463 e. The lowest BCUT2D eigenvalue weighted by Gasteiger charge is -2.36. The van der Waals surface area contributed by atoms with E-state index in [9.17, 15) is 28.0 Å². The van der Waals surface area contributed by atoms with Crippen LogP contribution in [0.15, 0.2) is 52.7 Å². The predicted octanol–water partition coefficient (Wildman–Crippen LogP) is 4.98. The Hall–Kier alpha value is -3.52. The van der Waals surface area contributed by atoms with Crippen molar-refractivity contribution in [2.75, 3.05) is 18.9 Å². The summed E-state index contributed by atoms with van der Waals surface area (Å²) < 4.78 is 45.3. The number of pyridine rings is 1. The number of amides is 2.